The van der Waals surface area contributed by atoms with Gasteiger partial charge in [-0.15, -0.1) is 5.10 Å². The maximum Gasteiger partial charge on any atom is 0.344 e. The molecule has 0 aliphatic heterocycles. The van der Waals surface area contributed by atoms with E-state index in [9.17, 15) is 9.59 Å². The third-order valence-electron chi connectivity index (χ3n) is 3.50. The van der Waals surface area contributed by atoms with Crippen LogP contribution in [-0.2, 0) is 11.2 Å². The summed E-state index contributed by atoms with van der Waals surface area (Å²) < 4.78 is 1.65. The Balaban J connectivity index is 1.44. The zero-order valence-corrected chi connectivity index (χ0v) is 12.9. The van der Waals surface area contributed by atoms with Crippen LogP contribution in [0.1, 0.15) is 24.4 Å². The Bertz CT molecular complexity index is 691. The first-order valence-corrected chi connectivity index (χ1v) is 8.33. The summed E-state index contributed by atoms with van der Waals surface area (Å²) in [6.45, 7) is 0.611. The second kappa shape index (κ2) is 6.83. The molecule has 1 aliphatic carbocycles. The Morgan fingerprint density at radius 1 is 1.36 bits per heavy atom. The van der Waals surface area contributed by atoms with Crippen molar-refractivity contribution in [3.63, 3.8) is 0 Å². The summed E-state index contributed by atoms with van der Waals surface area (Å²) in [4.78, 5) is 23.5. The third-order valence-corrected chi connectivity index (χ3v) is 4.45. The largest absolute Gasteiger partial charge is 0.355 e. The van der Waals surface area contributed by atoms with Crippen molar-refractivity contribution in [2.24, 2.45) is 0 Å². The predicted molar refractivity (Wildman–Crippen MR) is 85.0 cm³/mol. The molecule has 1 saturated carbocycles. The average Bonchev–Trinajstić information content (AvgIpc) is 3.29. The van der Waals surface area contributed by atoms with Crippen molar-refractivity contribution in [2.45, 2.75) is 30.5 Å². The molecule has 1 fully saturated rings. The Morgan fingerprint density at radius 3 is 2.86 bits per heavy atom. The molecule has 0 unspecified atom stereocenters. The van der Waals surface area contributed by atoms with Crippen LogP contribution >= 0.6 is 11.8 Å². The van der Waals surface area contributed by atoms with Crippen molar-refractivity contribution < 1.29 is 4.79 Å². The van der Waals surface area contributed by atoms with Crippen LogP contribution in [0.2, 0.25) is 0 Å². The molecule has 22 heavy (non-hydrogen) atoms. The second-order valence-corrected chi connectivity index (χ2v) is 6.23. The molecule has 1 heterocycles. The van der Waals surface area contributed by atoms with Gasteiger partial charge in [0.15, 0.2) is 5.16 Å². The molecular formula is C15H18N4O2S. The van der Waals surface area contributed by atoms with E-state index in [-0.39, 0.29) is 23.4 Å². The fourth-order valence-corrected chi connectivity index (χ4v) is 3.06. The van der Waals surface area contributed by atoms with Gasteiger partial charge in [-0.3, -0.25) is 9.36 Å². The molecule has 1 aliphatic rings. The lowest BCUT2D eigenvalue weighted by Gasteiger charge is -2.06. The van der Waals surface area contributed by atoms with E-state index in [1.165, 1.54) is 17.3 Å². The highest BCUT2D eigenvalue weighted by molar-refractivity contribution is 7.99. The van der Waals surface area contributed by atoms with E-state index in [0.717, 1.165) is 19.3 Å². The van der Waals surface area contributed by atoms with Crippen molar-refractivity contribution in [1.82, 2.24) is 20.1 Å². The highest BCUT2D eigenvalue weighted by Gasteiger charge is 2.28. The Morgan fingerprint density at radius 2 is 2.14 bits per heavy atom. The van der Waals surface area contributed by atoms with Gasteiger partial charge in [-0.05, 0) is 24.8 Å². The van der Waals surface area contributed by atoms with Crippen LogP contribution in [0.15, 0.2) is 40.3 Å². The molecule has 3 rings (SSSR count). The minimum atomic E-state index is -0.186. The minimum Gasteiger partial charge on any atom is -0.355 e. The molecule has 7 heteroatoms. The minimum absolute atomic E-state index is 0.0428. The Labute approximate surface area is 132 Å². The topological polar surface area (TPSA) is 79.8 Å². The molecule has 116 valence electrons. The molecule has 0 bridgehead atoms. The molecule has 0 spiro atoms. The van der Waals surface area contributed by atoms with Crippen molar-refractivity contribution in [3.8, 4) is 0 Å². The first kappa shape index (κ1) is 14.9. The zero-order chi connectivity index (χ0) is 15.4. The third kappa shape index (κ3) is 3.79. The Hall–Kier alpha value is -2.02. The average molecular weight is 318 g/mol. The number of carbonyl (C=O) groups is 1. The van der Waals surface area contributed by atoms with Gasteiger partial charge in [0.25, 0.3) is 0 Å². The number of aromatic nitrogens is 3. The van der Waals surface area contributed by atoms with Crippen LogP contribution in [0.25, 0.3) is 0 Å². The number of hydrogen-bond acceptors (Lipinski definition) is 4. The van der Waals surface area contributed by atoms with E-state index in [2.05, 4.69) is 15.5 Å². The maximum absolute atomic E-state index is 11.9. The number of nitrogens with zero attached hydrogens (tertiary/aromatic N) is 2. The van der Waals surface area contributed by atoms with Crippen molar-refractivity contribution >= 4 is 17.7 Å². The van der Waals surface area contributed by atoms with E-state index in [4.69, 9.17) is 0 Å². The molecule has 1 amide bonds. The number of benzene rings is 1. The van der Waals surface area contributed by atoms with Gasteiger partial charge in [-0.25, -0.2) is 9.89 Å². The number of rotatable bonds is 7. The molecule has 2 aromatic rings. The van der Waals surface area contributed by atoms with Gasteiger partial charge in [0.05, 0.1) is 5.75 Å². The number of H-pyrrole nitrogens is 1. The summed E-state index contributed by atoms with van der Waals surface area (Å²) in [5.41, 5.74) is 1.01. The highest BCUT2D eigenvalue weighted by atomic mass is 32.2. The van der Waals surface area contributed by atoms with Crippen molar-refractivity contribution in [3.05, 3.63) is 46.4 Å². The van der Waals surface area contributed by atoms with E-state index in [1.54, 1.807) is 4.57 Å². The summed E-state index contributed by atoms with van der Waals surface area (Å²) in [7, 11) is 0. The van der Waals surface area contributed by atoms with Crippen LogP contribution in [0, 0.1) is 0 Å². The normalized spacial score (nSPS) is 14.0. The number of nitrogens with one attached hydrogen (secondary N) is 2. The lowest BCUT2D eigenvalue weighted by molar-refractivity contribution is -0.118. The van der Waals surface area contributed by atoms with E-state index >= 15 is 0 Å². The number of carbonyl (C=O) groups excluding carboxylic acids is 1. The quantitative estimate of drug-likeness (QED) is 0.755. The van der Waals surface area contributed by atoms with Crippen LogP contribution in [0.5, 0.6) is 0 Å². The highest BCUT2D eigenvalue weighted by Crippen LogP contribution is 2.35. The fraction of sp³-hybridized carbons (Fsp3) is 0.400. The summed E-state index contributed by atoms with van der Waals surface area (Å²) in [6, 6.07) is 10.3. The monoisotopic (exact) mass is 318 g/mol. The van der Waals surface area contributed by atoms with Gasteiger partial charge in [0.1, 0.15) is 0 Å². The summed E-state index contributed by atoms with van der Waals surface area (Å²) in [5, 5.41) is 9.93. The maximum atomic E-state index is 11.9. The first-order valence-electron chi connectivity index (χ1n) is 7.34. The number of thioether (sulfide) groups is 1. The zero-order valence-electron chi connectivity index (χ0n) is 12.1. The molecule has 1 aromatic heterocycles. The number of aromatic amines is 1. The van der Waals surface area contributed by atoms with E-state index in [1.807, 2.05) is 30.3 Å². The van der Waals surface area contributed by atoms with Crippen LogP contribution < -0.4 is 11.0 Å². The molecule has 1 aromatic carbocycles. The summed E-state index contributed by atoms with van der Waals surface area (Å²) in [6.07, 6.45) is 2.83. The van der Waals surface area contributed by atoms with Crippen molar-refractivity contribution in [1.29, 1.82) is 0 Å². The van der Waals surface area contributed by atoms with E-state index < -0.39 is 0 Å². The van der Waals surface area contributed by atoms with Crippen LogP contribution in [-0.4, -0.2) is 33.0 Å². The predicted octanol–water partition coefficient (Wildman–Crippen LogP) is 1.36. The van der Waals surface area contributed by atoms with Crippen molar-refractivity contribution in [2.75, 3.05) is 12.3 Å². The molecule has 6 nitrogen and oxygen atoms in total. The smallest absolute Gasteiger partial charge is 0.344 e. The van der Waals surface area contributed by atoms with Gasteiger partial charge >= 0.3 is 5.69 Å². The molecule has 0 atom stereocenters. The number of amides is 1. The SMILES string of the molecule is O=C(CSc1n[nH]c(=O)n1C1CC1)NCCc1ccccc1. The van der Waals surface area contributed by atoms with Gasteiger partial charge in [-0.2, -0.15) is 0 Å². The van der Waals surface area contributed by atoms with Gasteiger partial charge in [0, 0.05) is 12.6 Å². The Kier molecular flexibility index (Phi) is 4.62. The molecule has 0 radical (unpaired) electrons. The molecule has 0 saturated heterocycles. The van der Waals surface area contributed by atoms with Crippen LogP contribution in [0.4, 0.5) is 0 Å². The fourth-order valence-electron chi connectivity index (χ4n) is 2.22. The van der Waals surface area contributed by atoms with Crippen LogP contribution in [0.3, 0.4) is 0 Å². The van der Waals surface area contributed by atoms with Gasteiger partial charge in [0.2, 0.25) is 5.91 Å². The van der Waals surface area contributed by atoms with E-state index in [0.29, 0.717) is 11.7 Å². The molecule has 2 N–H and O–H groups in total. The lowest BCUT2D eigenvalue weighted by Crippen LogP contribution is -2.27. The molecular weight excluding hydrogens is 300 g/mol. The second-order valence-electron chi connectivity index (χ2n) is 5.29. The first-order chi connectivity index (χ1) is 10.7. The number of hydrogen-bond donors (Lipinski definition) is 2. The summed E-state index contributed by atoms with van der Waals surface area (Å²) in [5.74, 6) is 0.227. The summed E-state index contributed by atoms with van der Waals surface area (Å²) >= 11 is 1.30. The standard InChI is InChI=1S/C15H18N4O2S/c20-13(16-9-8-11-4-2-1-3-5-11)10-22-15-18-17-14(21)19(15)12-6-7-12/h1-5,12H,6-10H2,(H,16,20)(H,17,21). The van der Waals surface area contributed by atoms with Gasteiger partial charge in [-0.1, -0.05) is 42.1 Å². The van der Waals surface area contributed by atoms with Gasteiger partial charge < -0.3 is 5.32 Å². The lowest BCUT2D eigenvalue weighted by atomic mass is 10.1.